The van der Waals surface area contributed by atoms with Gasteiger partial charge in [0.1, 0.15) is 5.75 Å². The highest BCUT2D eigenvalue weighted by molar-refractivity contribution is 5.30. The molecule has 0 amide bonds. The van der Waals surface area contributed by atoms with Crippen molar-refractivity contribution in [3.63, 3.8) is 0 Å². The van der Waals surface area contributed by atoms with Crippen molar-refractivity contribution in [3.8, 4) is 5.75 Å². The molecule has 0 aromatic heterocycles. The number of phenolic OH excluding ortho intramolecular Hbond substituents is 1. The number of hydrogen-bond acceptors (Lipinski definition) is 2. The maximum atomic E-state index is 10.7. The summed E-state index contributed by atoms with van der Waals surface area (Å²) < 4.78 is 0. The van der Waals surface area contributed by atoms with Crippen molar-refractivity contribution in [2.24, 2.45) is 11.3 Å². The molecule has 2 atom stereocenters. The van der Waals surface area contributed by atoms with Crippen molar-refractivity contribution < 1.29 is 10.2 Å². The molecular weight excluding hydrogens is 260 g/mol. The Kier molecular flexibility index (Phi) is 3.83. The second kappa shape index (κ2) is 5.49. The lowest BCUT2D eigenvalue weighted by atomic mass is 9.64. The molecule has 2 unspecified atom stereocenters. The first-order chi connectivity index (χ1) is 9.97. The summed E-state index contributed by atoms with van der Waals surface area (Å²) in [5.74, 6) is 0.568. The standard InChI is InChI=1S/C19H26O2/c1-19(2)11-3-4-13-5-6-15(12-17(13)19)18(21)14-7-9-16(20)10-8-14/h7-10,15,18,20-21H,3-6,11-12H2,1-2H3. The van der Waals surface area contributed by atoms with Gasteiger partial charge in [-0.1, -0.05) is 37.1 Å². The zero-order valence-electron chi connectivity index (χ0n) is 13.1. The van der Waals surface area contributed by atoms with Crippen LogP contribution in [0.4, 0.5) is 0 Å². The lowest BCUT2D eigenvalue weighted by molar-refractivity contribution is 0.0928. The van der Waals surface area contributed by atoms with Crippen LogP contribution in [0, 0.1) is 11.3 Å². The Morgan fingerprint density at radius 3 is 2.57 bits per heavy atom. The average molecular weight is 286 g/mol. The second-order valence-corrected chi connectivity index (χ2v) is 7.36. The Bertz CT molecular complexity index is 539. The number of aliphatic hydroxyl groups excluding tert-OH is 1. The number of allylic oxidation sites excluding steroid dienone is 2. The van der Waals surface area contributed by atoms with E-state index >= 15 is 0 Å². The van der Waals surface area contributed by atoms with E-state index in [1.165, 1.54) is 19.3 Å². The number of aliphatic hydroxyl groups is 1. The summed E-state index contributed by atoms with van der Waals surface area (Å²) in [6, 6.07) is 7.01. The van der Waals surface area contributed by atoms with E-state index in [4.69, 9.17) is 0 Å². The molecule has 0 spiro atoms. The topological polar surface area (TPSA) is 40.5 Å². The molecule has 1 aromatic rings. The minimum absolute atomic E-state index is 0.257. The Morgan fingerprint density at radius 1 is 1.14 bits per heavy atom. The average Bonchev–Trinajstić information content (AvgIpc) is 2.47. The van der Waals surface area contributed by atoms with Gasteiger partial charge in [-0.05, 0) is 67.6 Å². The van der Waals surface area contributed by atoms with Gasteiger partial charge >= 0.3 is 0 Å². The number of aromatic hydroxyl groups is 1. The van der Waals surface area contributed by atoms with Crippen LogP contribution in [0.15, 0.2) is 35.4 Å². The van der Waals surface area contributed by atoms with E-state index in [-0.39, 0.29) is 5.75 Å². The molecule has 3 rings (SSSR count). The minimum atomic E-state index is -0.419. The summed E-state index contributed by atoms with van der Waals surface area (Å²) >= 11 is 0. The molecule has 2 aliphatic rings. The summed E-state index contributed by atoms with van der Waals surface area (Å²) in [6.45, 7) is 4.72. The largest absolute Gasteiger partial charge is 0.508 e. The summed E-state index contributed by atoms with van der Waals surface area (Å²) in [4.78, 5) is 0. The van der Waals surface area contributed by atoms with Gasteiger partial charge in [0.05, 0.1) is 6.10 Å². The van der Waals surface area contributed by atoms with Crippen LogP contribution in [0.5, 0.6) is 5.75 Å². The van der Waals surface area contributed by atoms with Crippen molar-refractivity contribution >= 4 is 0 Å². The van der Waals surface area contributed by atoms with Crippen LogP contribution in [-0.4, -0.2) is 10.2 Å². The van der Waals surface area contributed by atoms with Gasteiger partial charge in [0.15, 0.2) is 0 Å². The molecular formula is C19H26O2. The first-order valence-electron chi connectivity index (χ1n) is 8.16. The smallest absolute Gasteiger partial charge is 0.115 e. The number of phenols is 1. The fourth-order valence-electron chi connectivity index (χ4n) is 4.16. The molecule has 0 aliphatic heterocycles. The van der Waals surface area contributed by atoms with Crippen molar-refractivity contribution in [3.05, 3.63) is 41.0 Å². The van der Waals surface area contributed by atoms with Crippen molar-refractivity contribution in [2.45, 2.75) is 58.5 Å². The maximum Gasteiger partial charge on any atom is 0.115 e. The second-order valence-electron chi connectivity index (χ2n) is 7.36. The van der Waals surface area contributed by atoms with Gasteiger partial charge in [0, 0.05) is 0 Å². The third-order valence-electron chi connectivity index (χ3n) is 5.49. The molecule has 0 radical (unpaired) electrons. The van der Waals surface area contributed by atoms with Crippen LogP contribution in [-0.2, 0) is 0 Å². The van der Waals surface area contributed by atoms with E-state index < -0.39 is 6.10 Å². The van der Waals surface area contributed by atoms with E-state index in [1.54, 1.807) is 23.3 Å². The summed E-state index contributed by atoms with van der Waals surface area (Å²) in [6.07, 6.45) is 6.70. The van der Waals surface area contributed by atoms with E-state index in [9.17, 15) is 10.2 Å². The van der Waals surface area contributed by atoms with Gasteiger partial charge in [-0.15, -0.1) is 0 Å². The first-order valence-corrected chi connectivity index (χ1v) is 8.16. The molecule has 0 saturated heterocycles. The van der Waals surface area contributed by atoms with E-state index in [0.29, 0.717) is 11.3 Å². The third-order valence-corrected chi connectivity index (χ3v) is 5.49. The van der Waals surface area contributed by atoms with Crippen LogP contribution < -0.4 is 0 Å². The predicted molar refractivity (Wildman–Crippen MR) is 85.1 cm³/mol. The Labute approximate surface area is 127 Å². The molecule has 114 valence electrons. The Balaban J connectivity index is 1.79. The molecule has 0 heterocycles. The van der Waals surface area contributed by atoms with Gasteiger partial charge in [-0.2, -0.15) is 0 Å². The van der Waals surface area contributed by atoms with Gasteiger partial charge in [-0.25, -0.2) is 0 Å². The number of hydrogen-bond donors (Lipinski definition) is 2. The molecule has 2 heteroatoms. The molecule has 0 bridgehead atoms. The lowest BCUT2D eigenvalue weighted by Crippen LogP contribution is -2.28. The van der Waals surface area contributed by atoms with Gasteiger partial charge in [0.2, 0.25) is 0 Å². The molecule has 1 aromatic carbocycles. The van der Waals surface area contributed by atoms with Crippen LogP contribution in [0.1, 0.15) is 64.0 Å². The highest BCUT2D eigenvalue weighted by atomic mass is 16.3. The van der Waals surface area contributed by atoms with Gasteiger partial charge in [-0.3, -0.25) is 0 Å². The Morgan fingerprint density at radius 2 is 1.86 bits per heavy atom. The van der Waals surface area contributed by atoms with Gasteiger partial charge < -0.3 is 10.2 Å². The molecule has 2 aliphatic carbocycles. The molecule has 2 nitrogen and oxygen atoms in total. The third kappa shape index (κ3) is 2.87. The first kappa shape index (κ1) is 14.6. The minimum Gasteiger partial charge on any atom is -0.508 e. The van der Waals surface area contributed by atoms with Crippen LogP contribution in [0.25, 0.3) is 0 Å². The van der Waals surface area contributed by atoms with Crippen molar-refractivity contribution in [1.29, 1.82) is 0 Å². The van der Waals surface area contributed by atoms with Crippen LogP contribution in [0.2, 0.25) is 0 Å². The maximum absolute atomic E-state index is 10.7. The highest BCUT2D eigenvalue weighted by Gasteiger charge is 2.36. The fourth-order valence-corrected chi connectivity index (χ4v) is 4.16. The zero-order valence-corrected chi connectivity index (χ0v) is 13.1. The molecule has 2 N–H and O–H groups in total. The predicted octanol–water partition coefficient (Wildman–Crippen LogP) is 4.73. The number of rotatable bonds is 2. The van der Waals surface area contributed by atoms with E-state index in [1.807, 2.05) is 12.1 Å². The SMILES string of the molecule is CC1(C)CCCC2=C1CC(C(O)c1ccc(O)cc1)CC2. The van der Waals surface area contributed by atoms with Crippen molar-refractivity contribution in [2.75, 3.05) is 0 Å². The molecule has 21 heavy (non-hydrogen) atoms. The fraction of sp³-hybridized carbons (Fsp3) is 0.579. The van der Waals surface area contributed by atoms with Crippen LogP contribution >= 0.6 is 0 Å². The molecule has 0 fully saturated rings. The van der Waals surface area contributed by atoms with Gasteiger partial charge in [0.25, 0.3) is 0 Å². The normalized spacial score (nSPS) is 26.3. The quantitative estimate of drug-likeness (QED) is 0.771. The summed E-state index contributed by atoms with van der Waals surface area (Å²) in [5, 5.41) is 20.1. The summed E-state index contributed by atoms with van der Waals surface area (Å²) in [5.41, 5.74) is 4.51. The van der Waals surface area contributed by atoms with E-state index in [0.717, 1.165) is 24.8 Å². The number of benzene rings is 1. The van der Waals surface area contributed by atoms with Crippen LogP contribution in [0.3, 0.4) is 0 Å². The Hall–Kier alpha value is -1.28. The zero-order chi connectivity index (χ0) is 15.0. The highest BCUT2D eigenvalue weighted by Crippen LogP contribution is 2.49. The lowest BCUT2D eigenvalue weighted by Gasteiger charge is -2.41. The van der Waals surface area contributed by atoms with E-state index in [2.05, 4.69) is 13.8 Å². The molecule has 0 saturated carbocycles. The summed E-state index contributed by atoms with van der Waals surface area (Å²) in [7, 11) is 0. The van der Waals surface area contributed by atoms with Crippen molar-refractivity contribution in [1.82, 2.24) is 0 Å². The monoisotopic (exact) mass is 286 g/mol.